The van der Waals surface area contributed by atoms with Crippen molar-refractivity contribution >= 4 is 27.9 Å². The Morgan fingerprint density at radius 2 is 1.47 bits per heavy atom. The van der Waals surface area contributed by atoms with E-state index in [0.717, 1.165) is 19.4 Å². The Hall–Kier alpha value is -4.69. The van der Waals surface area contributed by atoms with Gasteiger partial charge in [0.2, 0.25) is 5.69 Å². The molecule has 0 amide bonds. The van der Waals surface area contributed by atoms with Gasteiger partial charge in [-0.25, -0.2) is 0 Å². The van der Waals surface area contributed by atoms with Gasteiger partial charge in [0.15, 0.2) is 5.71 Å². The van der Waals surface area contributed by atoms with Gasteiger partial charge < -0.3 is 4.90 Å². The van der Waals surface area contributed by atoms with Crippen LogP contribution < -0.4 is 4.90 Å². The molecular formula is C45H47N2+. The normalized spacial score (nSPS) is 18.5. The predicted octanol–water partition coefficient (Wildman–Crippen LogP) is 11.0. The minimum absolute atomic E-state index is 0.0637. The molecule has 2 heteroatoms. The van der Waals surface area contributed by atoms with Gasteiger partial charge >= 0.3 is 0 Å². The highest BCUT2D eigenvalue weighted by Crippen LogP contribution is 2.54. The van der Waals surface area contributed by atoms with Gasteiger partial charge in [-0.2, -0.15) is 4.58 Å². The first-order valence-electron chi connectivity index (χ1n) is 17.3. The average Bonchev–Trinajstić information content (AvgIpc) is 3.51. The molecule has 0 saturated carbocycles. The van der Waals surface area contributed by atoms with E-state index < -0.39 is 0 Å². The molecule has 2 nitrogen and oxygen atoms in total. The van der Waals surface area contributed by atoms with Gasteiger partial charge in [-0.1, -0.05) is 129 Å². The third-order valence-corrected chi connectivity index (χ3v) is 10.5. The average molecular weight is 616 g/mol. The highest BCUT2D eigenvalue weighted by molar-refractivity contribution is 6.03. The maximum atomic E-state index is 2.65. The third kappa shape index (κ3) is 5.76. The van der Waals surface area contributed by atoms with Crippen molar-refractivity contribution in [1.82, 2.24) is 0 Å². The summed E-state index contributed by atoms with van der Waals surface area (Å²) in [6, 6.07) is 44.8. The zero-order chi connectivity index (χ0) is 32.5. The van der Waals surface area contributed by atoms with Crippen LogP contribution in [0.15, 0.2) is 145 Å². The molecule has 7 rings (SSSR count). The first kappa shape index (κ1) is 30.9. The van der Waals surface area contributed by atoms with E-state index in [1.54, 1.807) is 0 Å². The molecule has 0 aromatic heterocycles. The maximum Gasteiger partial charge on any atom is 0.209 e. The Labute approximate surface area is 281 Å². The molecule has 2 unspecified atom stereocenters. The number of hydrogen-bond acceptors (Lipinski definition) is 1. The van der Waals surface area contributed by atoms with Gasteiger partial charge in [-0.3, -0.25) is 0 Å². The molecule has 5 aromatic rings. The fourth-order valence-electron chi connectivity index (χ4n) is 8.08. The van der Waals surface area contributed by atoms with Crippen LogP contribution in [-0.4, -0.2) is 23.9 Å². The number of anilines is 1. The molecule has 0 saturated heterocycles. The molecule has 2 aliphatic rings. The highest BCUT2D eigenvalue weighted by atomic mass is 15.2. The quantitative estimate of drug-likeness (QED) is 0.150. The van der Waals surface area contributed by atoms with Crippen molar-refractivity contribution < 1.29 is 4.58 Å². The lowest BCUT2D eigenvalue weighted by Crippen LogP contribution is -2.26. The number of fused-ring (bicyclic) bond motifs is 4. The molecule has 2 atom stereocenters. The Bertz CT molecular complexity index is 1980. The minimum atomic E-state index is -0.0637. The fourth-order valence-corrected chi connectivity index (χ4v) is 8.08. The second-order valence-electron chi connectivity index (χ2n) is 14.3. The van der Waals surface area contributed by atoms with Crippen LogP contribution in [0.25, 0.3) is 10.8 Å². The summed E-state index contributed by atoms with van der Waals surface area (Å²) < 4.78 is 2.37. The summed E-state index contributed by atoms with van der Waals surface area (Å²) in [7, 11) is 2.21. The van der Waals surface area contributed by atoms with Crippen LogP contribution >= 0.6 is 0 Å². The van der Waals surface area contributed by atoms with Crippen LogP contribution in [0.3, 0.4) is 0 Å². The monoisotopic (exact) mass is 615 g/mol. The fraction of sp³-hybridized carbons (Fsp3) is 0.267. The van der Waals surface area contributed by atoms with E-state index in [1.165, 1.54) is 55.8 Å². The van der Waals surface area contributed by atoms with Gasteiger partial charge in [0, 0.05) is 47.5 Å². The van der Waals surface area contributed by atoms with Crippen LogP contribution in [-0.2, 0) is 11.8 Å². The van der Waals surface area contributed by atoms with Gasteiger partial charge in [0.05, 0.1) is 5.41 Å². The van der Waals surface area contributed by atoms with Gasteiger partial charge in [0.25, 0.3) is 0 Å². The summed E-state index contributed by atoms with van der Waals surface area (Å²) in [5.74, 6) is 1.09. The van der Waals surface area contributed by atoms with E-state index in [1.807, 2.05) is 0 Å². The van der Waals surface area contributed by atoms with Gasteiger partial charge in [-0.15, -0.1) is 0 Å². The lowest BCUT2D eigenvalue weighted by atomic mass is 9.76. The second-order valence-corrected chi connectivity index (χ2v) is 14.3. The molecule has 5 aromatic carbocycles. The van der Waals surface area contributed by atoms with Crippen molar-refractivity contribution in [3.05, 3.63) is 168 Å². The van der Waals surface area contributed by atoms with Crippen LogP contribution in [0, 0.1) is 5.92 Å². The van der Waals surface area contributed by atoms with Crippen molar-refractivity contribution in [1.29, 1.82) is 0 Å². The number of hydrogen-bond donors (Lipinski definition) is 0. The van der Waals surface area contributed by atoms with Crippen LogP contribution in [0.1, 0.15) is 68.2 Å². The van der Waals surface area contributed by atoms with Crippen molar-refractivity contribution in [2.45, 2.75) is 57.8 Å². The smallest absolute Gasteiger partial charge is 0.209 e. The third-order valence-electron chi connectivity index (χ3n) is 10.5. The molecule has 0 aliphatic carbocycles. The number of para-hydroxylation sites is 1. The summed E-state index contributed by atoms with van der Waals surface area (Å²) >= 11 is 0. The molecule has 236 valence electrons. The Kier molecular flexibility index (Phi) is 8.45. The summed E-state index contributed by atoms with van der Waals surface area (Å²) in [5.41, 5.74) is 10.9. The first-order valence-corrected chi connectivity index (χ1v) is 17.3. The number of nitrogens with zero attached hydrogens (tertiary/aromatic N) is 2. The molecular weight excluding hydrogens is 569 g/mol. The molecule has 47 heavy (non-hydrogen) atoms. The van der Waals surface area contributed by atoms with E-state index in [2.05, 4.69) is 184 Å². The van der Waals surface area contributed by atoms with E-state index in [4.69, 9.17) is 0 Å². The van der Waals surface area contributed by atoms with E-state index in [9.17, 15) is 0 Å². The summed E-state index contributed by atoms with van der Waals surface area (Å²) in [6.45, 7) is 10.4. The van der Waals surface area contributed by atoms with Gasteiger partial charge in [-0.05, 0) is 72.2 Å². The molecule has 0 bridgehead atoms. The van der Waals surface area contributed by atoms with Gasteiger partial charge in [0.1, 0.15) is 7.05 Å². The zero-order valence-electron chi connectivity index (χ0n) is 28.5. The largest absolute Gasteiger partial charge is 0.344 e. The van der Waals surface area contributed by atoms with Crippen molar-refractivity contribution in [2.24, 2.45) is 5.92 Å². The molecule has 0 spiro atoms. The standard InChI is InChI=1S/C45H47N2/c1-32(2)29-30-47-40(25-16-26-42-45(3,4)38-23-14-15-24-39(38)46(42)5)44(43-36-22-13-12-21-35(36)27-28-41(43)47)37(34-19-10-7-11-20-34)31-33-17-8-6-9-18-33/h6-28,32,37,44H,29-31H2,1-5H3/q+1. The van der Waals surface area contributed by atoms with E-state index >= 15 is 0 Å². The molecule has 2 aliphatic heterocycles. The summed E-state index contributed by atoms with van der Waals surface area (Å²) in [6.07, 6.45) is 9.25. The number of allylic oxidation sites excluding steroid dienone is 4. The predicted molar refractivity (Wildman–Crippen MR) is 200 cm³/mol. The molecule has 0 radical (unpaired) electrons. The second kappa shape index (κ2) is 12.8. The molecule has 0 fully saturated rings. The minimum Gasteiger partial charge on any atom is -0.344 e. The Morgan fingerprint density at radius 3 is 2.21 bits per heavy atom. The zero-order valence-corrected chi connectivity index (χ0v) is 28.5. The van der Waals surface area contributed by atoms with E-state index in [0.29, 0.717) is 5.92 Å². The topological polar surface area (TPSA) is 6.25 Å². The molecule has 2 heterocycles. The number of benzene rings is 5. The van der Waals surface area contributed by atoms with Crippen LogP contribution in [0.5, 0.6) is 0 Å². The summed E-state index contributed by atoms with van der Waals surface area (Å²) in [5, 5.41) is 2.68. The number of rotatable bonds is 9. The molecule has 0 N–H and O–H groups in total. The Morgan fingerprint density at radius 1 is 0.787 bits per heavy atom. The van der Waals surface area contributed by atoms with Crippen LogP contribution in [0.2, 0.25) is 0 Å². The van der Waals surface area contributed by atoms with E-state index in [-0.39, 0.29) is 17.3 Å². The van der Waals surface area contributed by atoms with Crippen molar-refractivity contribution in [3.8, 4) is 0 Å². The maximum absolute atomic E-state index is 2.65. The van der Waals surface area contributed by atoms with Crippen LogP contribution in [0.4, 0.5) is 11.4 Å². The lowest BCUT2D eigenvalue weighted by molar-refractivity contribution is -0.401. The first-order chi connectivity index (χ1) is 22.8. The SMILES string of the molecule is CC(C)CCN1C(=CC=CC2=[N+](C)c3ccccc3C2(C)C)C(C(Cc2ccccc2)c2ccccc2)c2c1ccc1ccccc21. The summed E-state index contributed by atoms with van der Waals surface area (Å²) in [4.78, 5) is 2.65. The Balaban J connectivity index is 1.42. The van der Waals surface area contributed by atoms with Crippen molar-refractivity contribution in [3.63, 3.8) is 0 Å². The lowest BCUT2D eigenvalue weighted by Gasteiger charge is -2.29. The highest BCUT2D eigenvalue weighted by Gasteiger charge is 2.43. The van der Waals surface area contributed by atoms with Crippen molar-refractivity contribution in [2.75, 3.05) is 18.5 Å².